The SMILES string of the molecule is CO[C@H](C)c1noc(CCn2c(C)c(C)sc2=O)n1. The van der Waals surface area contributed by atoms with E-state index >= 15 is 0 Å². The van der Waals surface area contributed by atoms with Crippen molar-refractivity contribution in [3.63, 3.8) is 0 Å². The second kappa shape index (κ2) is 5.66. The van der Waals surface area contributed by atoms with Gasteiger partial charge in [0.25, 0.3) is 0 Å². The van der Waals surface area contributed by atoms with Crippen LogP contribution in [0.5, 0.6) is 0 Å². The highest BCUT2D eigenvalue weighted by atomic mass is 32.1. The van der Waals surface area contributed by atoms with Gasteiger partial charge in [-0.1, -0.05) is 16.5 Å². The monoisotopic (exact) mass is 283 g/mol. The molecule has 104 valence electrons. The Labute approximate surface area is 115 Å². The third kappa shape index (κ3) is 2.93. The lowest BCUT2D eigenvalue weighted by molar-refractivity contribution is 0.109. The van der Waals surface area contributed by atoms with Crippen LogP contribution in [0.15, 0.2) is 9.32 Å². The molecule has 6 nitrogen and oxygen atoms in total. The average molecular weight is 283 g/mol. The Morgan fingerprint density at radius 1 is 1.47 bits per heavy atom. The zero-order valence-corrected chi connectivity index (χ0v) is 12.3. The molecule has 0 aromatic carbocycles. The van der Waals surface area contributed by atoms with Crippen molar-refractivity contribution in [2.75, 3.05) is 7.11 Å². The molecule has 2 rings (SSSR count). The molecule has 0 aliphatic carbocycles. The summed E-state index contributed by atoms with van der Waals surface area (Å²) in [6, 6.07) is 0. The fraction of sp³-hybridized carbons (Fsp3) is 0.583. The number of methoxy groups -OCH3 is 1. The number of hydrogen-bond acceptors (Lipinski definition) is 6. The van der Waals surface area contributed by atoms with E-state index in [2.05, 4.69) is 10.1 Å². The zero-order chi connectivity index (χ0) is 14.0. The van der Waals surface area contributed by atoms with Crippen molar-refractivity contribution in [2.24, 2.45) is 0 Å². The summed E-state index contributed by atoms with van der Waals surface area (Å²) in [4.78, 5) is 17.1. The molecule has 0 spiro atoms. The van der Waals surface area contributed by atoms with Crippen LogP contribution in [0.25, 0.3) is 0 Å². The third-order valence-corrected chi connectivity index (χ3v) is 4.12. The van der Waals surface area contributed by atoms with Gasteiger partial charge in [0.05, 0.1) is 0 Å². The highest BCUT2D eigenvalue weighted by molar-refractivity contribution is 7.09. The van der Waals surface area contributed by atoms with Crippen LogP contribution in [0.1, 0.15) is 35.3 Å². The number of aryl methyl sites for hydroxylation is 2. The van der Waals surface area contributed by atoms with Crippen molar-refractivity contribution in [1.82, 2.24) is 14.7 Å². The molecule has 2 aromatic heterocycles. The van der Waals surface area contributed by atoms with Crippen LogP contribution >= 0.6 is 11.3 Å². The maximum Gasteiger partial charge on any atom is 0.307 e. The molecule has 2 heterocycles. The second-order valence-electron chi connectivity index (χ2n) is 4.34. The maximum absolute atomic E-state index is 11.7. The number of ether oxygens (including phenoxy) is 1. The second-order valence-corrected chi connectivity index (χ2v) is 5.50. The number of nitrogens with zero attached hydrogens (tertiary/aromatic N) is 3. The molecule has 0 saturated heterocycles. The van der Waals surface area contributed by atoms with Gasteiger partial charge >= 0.3 is 4.87 Å². The first-order valence-electron chi connectivity index (χ1n) is 6.05. The summed E-state index contributed by atoms with van der Waals surface area (Å²) in [6.07, 6.45) is 0.353. The molecule has 1 atom stereocenters. The van der Waals surface area contributed by atoms with Crippen LogP contribution in [0.2, 0.25) is 0 Å². The van der Waals surface area contributed by atoms with E-state index in [1.165, 1.54) is 11.3 Å². The predicted molar refractivity (Wildman–Crippen MR) is 71.5 cm³/mol. The standard InChI is InChI=1S/C12H17N3O3S/c1-7-9(3)19-12(16)15(7)6-5-10-13-11(14-18-10)8(2)17-4/h8H,5-6H2,1-4H3/t8-/m1/s1. The molecule has 0 bridgehead atoms. The Kier molecular flexibility index (Phi) is 4.16. The molecule has 0 aliphatic rings. The molecule has 0 aliphatic heterocycles. The molecular weight excluding hydrogens is 266 g/mol. The molecule has 0 amide bonds. The topological polar surface area (TPSA) is 70.2 Å². The molecule has 0 unspecified atom stereocenters. The third-order valence-electron chi connectivity index (χ3n) is 3.13. The van der Waals surface area contributed by atoms with E-state index in [9.17, 15) is 4.79 Å². The van der Waals surface area contributed by atoms with Gasteiger partial charge in [0.1, 0.15) is 6.10 Å². The van der Waals surface area contributed by atoms with Crippen molar-refractivity contribution in [1.29, 1.82) is 0 Å². The summed E-state index contributed by atoms with van der Waals surface area (Å²) < 4.78 is 12.0. The van der Waals surface area contributed by atoms with Crippen molar-refractivity contribution in [3.05, 3.63) is 32.0 Å². The largest absolute Gasteiger partial charge is 0.374 e. The Balaban J connectivity index is 2.06. The van der Waals surface area contributed by atoms with Crippen molar-refractivity contribution >= 4 is 11.3 Å². The smallest absolute Gasteiger partial charge is 0.307 e. The number of hydrogen-bond donors (Lipinski definition) is 0. The first kappa shape index (κ1) is 14.0. The van der Waals surface area contributed by atoms with Crippen molar-refractivity contribution < 1.29 is 9.26 Å². The van der Waals surface area contributed by atoms with E-state index in [-0.39, 0.29) is 11.0 Å². The lowest BCUT2D eigenvalue weighted by Crippen LogP contribution is -2.16. The summed E-state index contributed by atoms with van der Waals surface area (Å²) in [5.41, 5.74) is 1.000. The molecule has 2 aromatic rings. The summed E-state index contributed by atoms with van der Waals surface area (Å²) in [6.45, 7) is 6.30. The Morgan fingerprint density at radius 3 is 2.79 bits per heavy atom. The lowest BCUT2D eigenvalue weighted by atomic mass is 10.3. The highest BCUT2D eigenvalue weighted by Crippen LogP contribution is 2.13. The first-order chi connectivity index (χ1) is 9.02. The van der Waals surface area contributed by atoms with E-state index in [0.29, 0.717) is 24.7 Å². The van der Waals surface area contributed by atoms with Gasteiger partial charge in [-0.05, 0) is 20.8 Å². The molecule has 7 heteroatoms. The minimum Gasteiger partial charge on any atom is -0.374 e. The van der Waals surface area contributed by atoms with Gasteiger partial charge in [0, 0.05) is 30.6 Å². The first-order valence-corrected chi connectivity index (χ1v) is 6.86. The van der Waals surface area contributed by atoms with Crippen LogP contribution in [0, 0.1) is 13.8 Å². The predicted octanol–water partition coefficient (Wildman–Crippen LogP) is 1.86. The van der Waals surface area contributed by atoms with Gasteiger partial charge in [0.2, 0.25) is 5.89 Å². The van der Waals surface area contributed by atoms with Gasteiger partial charge in [-0.15, -0.1) is 0 Å². The van der Waals surface area contributed by atoms with E-state index in [1.807, 2.05) is 20.8 Å². The van der Waals surface area contributed by atoms with Gasteiger partial charge < -0.3 is 13.8 Å². The summed E-state index contributed by atoms with van der Waals surface area (Å²) >= 11 is 1.27. The summed E-state index contributed by atoms with van der Waals surface area (Å²) in [5, 5.41) is 3.85. The van der Waals surface area contributed by atoms with Gasteiger partial charge in [-0.25, -0.2) is 0 Å². The summed E-state index contributed by atoms with van der Waals surface area (Å²) in [7, 11) is 1.59. The zero-order valence-electron chi connectivity index (χ0n) is 11.5. The van der Waals surface area contributed by atoms with Gasteiger partial charge in [0.15, 0.2) is 5.82 Å². The Hall–Kier alpha value is -1.47. The number of rotatable bonds is 5. The van der Waals surface area contributed by atoms with Crippen molar-refractivity contribution in [2.45, 2.75) is 39.8 Å². The van der Waals surface area contributed by atoms with Crippen LogP contribution in [-0.4, -0.2) is 21.8 Å². The molecule has 0 radical (unpaired) electrons. The Bertz CT molecular complexity index is 614. The van der Waals surface area contributed by atoms with Crippen LogP contribution in [0.3, 0.4) is 0 Å². The van der Waals surface area contributed by atoms with Crippen LogP contribution < -0.4 is 4.87 Å². The number of thiazole rings is 1. The van der Waals surface area contributed by atoms with E-state index in [0.717, 1.165) is 10.6 Å². The van der Waals surface area contributed by atoms with E-state index in [1.54, 1.807) is 11.7 Å². The van der Waals surface area contributed by atoms with Crippen molar-refractivity contribution in [3.8, 4) is 0 Å². The van der Waals surface area contributed by atoms with Crippen LogP contribution in [0.4, 0.5) is 0 Å². The average Bonchev–Trinajstić information content (AvgIpc) is 2.94. The maximum atomic E-state index is 11.7. The molecule has 0 saturated carbocycles. The molecular formula is C12H17N3O3S. The molecule has 19 heavy (non-hydrogen) atoms. The van der Waals surface area contributed by atoms with Gasteiger partial charge in [-0.3, -0.25) is 4.79 Å². The normalized spacial score (nSPS) is 12.8. The van der Waals surface area contributed by atoms with Crippen LogP contribution in [-0.2, 0) is 17.7 Å². The summed E-state index contributed by atoms with van der Waals surface area (Å²) in [5.74, 6) is 1.05. The molecule has 0 fully saturated rings. The molecule has 0 N–H and O–H groups in total. The fourth-order valence-electron chi connectivity index (χ4n) is 1.69. The number of aromatic nitrogens is 3. The lowest BCUT2D eigenvalue weighted by Gasteiger charge is -2.02. The van der Waals surface area contributed by atoms with E-state index in [4.69, 9.17) is 9.26 Å². The quantitative estimate of drug-likeness (QED) is 0.837. The van der Waals surface area contributed by atoms with E-state index < -0.39 is 0 Å². The Morgan fingerprint density at radius 2 is 2.21 bits per heavy atom. The van der Waals surface area contributed by atoms with Gasteiger partial charge in [-0.2, -0.15) is 4.98 Å². The minimum atomic E-state index is -0.189. The fourth-order valence-corrected chi connectivity index (χ4v) is 2.55. The highest BCUT2D eigenvalue weighted by Gasteiger charge is 2.14. The minimum absolute atomic E-state index is 0.0556.